The lowest BCUT2D eigenvalue weighted by Gasteiger charge is -2.21. The second-order valence-electron chi connectivity index (χ2n) is 6.95. The number of carbonyl (C=O) groups is 2. The molecule has 0 bridgehead atoms. The van der Waals surface area contributed by atoms with E-state index in [1.54, 1.807) is 18.2 Å². The number of nitrogens with one attached hydrogen (secondary N) is 1. The molecule has 5 nitrogen and oxygen atoms in total. The van der Waals surface area contributed by atoms with E-state index >= 15 is 0 Å². The molecule has 0 atom stereocenters. The van der Waals surface area contributed by atoms with Crippen molar-refractivity contribution in [1.29, 1.82) is 0 Å². The van der Waals surface area contributed by atoms with Crippen molar-refractivity contribution in [3.8, 4) is 0 Å². The zero-order valence-corrected chi connectivity index (χ0v) is 19.1. The Morgan fingerprint density at radius 1 is 0.903 bits per heavy atom. The number of hydrogen-bond donors (Lipinski definition) is 1. The first-order valence-corrected chi connectivity index (χ1v) is 10.9. The van der Waals surface area contributed by atoms with E-state index in [1.807, 2.05) is 65.6 Å². The minimum atomic E-state index is -0.462. The van der Waals surface area contributed by atoms with Gasteiger partial charge in [-0.2, -0.15) is 0 Å². The summed E-state index contributed by atoms with van der Waals surface area (Å²) in [6.07, 6.45) is 0. The highest BCUT2D eigenvalue weighted by atomic mass is 79.9. The minimum Gasteiger partial charge on any atom is -0.455 e. The van der Waals surface area contributed by atoms with Gasteiger partial charge in [0.05, 0.1) is 11.6 Å². The van der Waals surface area contributed by atoms with E-state index in [9.17, 15) is 9.59 Å². The van der Waals surface area contributed by atoms with E-state index in [2.05, 4.69) is 21.2 Å². The average molecular weight is 502 g/mol. The van der Waals surface area contributed by atoms with E-state index in [0.717, 1.165) is 15.6 Å². The van der Waals surface area contributed by atoms with Gasteiger partial charge in [0.1, 0.15) is 0 Å². The lowest BCUT2D eigenvalue weighted by Crippen LogP contribution is -2.32. The molecule has 0 saturated carbocycles. The van der Waals surface area contributed by atoms with Crippen molar-refractivity contribution in [1.82, 2.24) is 4.90 Å². The van der Waals surface area contributed by atoms with Gasteiger partial charge in [-0.3, -0.25) is 14.5 Å². The maximum atomic E-state index is 12.4. The van der Waals surface area contributed by atoms with Crippen LogP contribution in [0.4, 0.5) is 5.69 Å². The monoisotopic (exact) mass is 500 g/mol. The molecule has 0 aliphatic heterocycles. The summed E-state index contributed by atoms with van der Waals surface area (Å²) in [7, 11) is 0. The van der Waals surface area contributed by atoms with Gasteiger partial charge in [0.2, 0.25) is 0 Å². The highest BCUT2D eigenvalue weighted by Gasteiger charge is 2.15. The number of ether oxygens (including phenoxy) is 1. The summed E-state index contributed by atoms with van der Waals surface area (Å²) >= 11 is 9.32. The average Bonchev–Trinajstić information content (AvgIpc) is 2.76. The highest BCUT2D eigenvalue weighted by Crippen LogP contribution is 2.25. The predicted molar refractivity (Wildman–Crippen MR) is 126 cm³/mol. The van der Waals surface area contributed by atoms with Gasteiger partial charge in [-0.05, 0) is 45.3 Å². The Bertz CT molecular complexity index is 974. The smallest absolute Gasteiger partial charge is 0.320 e. The third-order valence-electron chi connectivity index (χ3n) is 4.42. The highest BCUT2D eigenvalue weighted by molar-refractivity contribution is 9.10. The van der Waals surface area contributed by atoms with Crippen molar-refractivity contribution in [2.45, 2.75) is 13.1 Å². The zero-order valence-electron chi connectivity index (χ0n) is 16.8. The second-order valence-corrected chi connectivity index (χ2v) is 8.22. The van der Waals surface area contributed by atoms with Gasteiger partial charge in [-0.1, -0.05) is 72.3 Å². The molecule has 0 heterocycles. The number of hydrogen-bond acceptors (Lipinski definition) is 4. The molecule has 0 aromatic heterocycles. The quantitative estimate of drug-likeness (QED) is 0.405. The molecule has 0 unspecified atom stereocenters. The van der Waals surface area contributed by atoms with Gasteiger partial charge in [0.15, 0.2) is 6.61 Å². The molecule has 7 heteroatoms. The fourth-order valence-electron chi connectivity index (χ4n) is 3.00. The lowest BCUT2D eigenvalue weighted by atomic mass is 10.1. The van der Waals surface area contributed by atoms with Gasteiger partial charge in [0, 0.05) is 23.2 Å². The molecular formula is C24H22BrClN2O3. The van der Waals surface area contributed by atoms with Crippen molar-refractivity contribution in [3.63, 3.8) is 0 Å². The molecule has 0 fully saturated rings. The topological polar surface area (TPSA) is 58.6 Å². The van der Waals surface area contributed by atoms with Crippen LogP contribution < -0.4 is 5.32 Å². The standard InChI is InChI=1S/C24H22BrClN2O3/c25-21-12-11-20(13-22(21)26)27-23(29)17-31-24(30)16-28(14-18-7-3-1-4-8-18)15-19-9-5-2-6-10-19/h1-13H,14-17H2,(H,27,29). The molecule has 3 rings (SSSR count). The summed E-state index contributed by atoms with van der Waals surface area (Å²) < 4.78 is 5.93. The van der Waals surface area contributed by atoms with E-state index in [4.69, 9.17) is 16.3 Å². The molecule has 31 heavy (non-hydrogen) atoms. The second kappa shape index (κ2) is 11.6. The van der Waals surface area contributed by atoms with Crippen molar-refractivity contribution in [3.05, 3.63) is 99.5 Å². The number of amides is 1. The molecule has 160 valence electrons. The van der Waals surface area contributed by atoms with Gasteiger partial charge in [0.25, 0.3) is 5.91 Å². The SMILES string of the molecule is O=C(COC(=O)CN(Cc1ccccc1)Cc1ccccc1)Nc1ccc(Br)c(Cl)c1. The normalized spacial score (nSPS) is 10.7. The predicted octanol–water partition coefficient (Wildman–Crippen LogP) is 5.29. The third-order valence-corrected chi connectivity index (χ3v) is 5.65. The third kappa shape index (κ3) is 7.83. The Hall–Kier alpha value is -2.67. The van der Waals surface area contributed by atoms with Crippen LogP contribution in [0.25, 0.3) is 0 Å². The molecule has 0 radical (unpaired) electrons. The van der Waals surface area contributed by atoms with E-state index in [1.165, 1.54) is 0 Å². The fraction of sp³-hybridized carbons (Fsp3) is 0.167. The first-order chi connectivity index (χ1) is 15.0. The Labute approximate surface area is 195 Å². The molecule has 1 amide bonds. The maximum absolute atomic E-state index is 12.4. The van der Waals surface area contributed by atoms with Crippen molar-refractivity contribution < 1.29 is 14.3 Å². The lowest BCUT2D eigenvalue weighted by molar-refractivity contribution is -0.148. The maximum Gasteiger partial charge on any atom is 0.320 e. The molecule has 0 saturated heterocycles. The first kappa shape index (κ1) is 23.0. The summed E-state index contributed by atoms with van der Waals surface area (Å²) in [5.41, 5.74) is 2.72. The molecule has 0 spiro atoms. The Morgan fingerprint density at radius 2 is 1.48 bits per heavy atom. The van der Waals surface area contributed by atoms with Crippen LogP contribution in [0.5, 0.6) is 0 Å². The summed E-state index contributed by atoms with van der Waals surface area (Å²) in [6.45, 7) is 0.890. The van der Waals surface area contributed by atoms with Gasteiger partial charge in [-0.15, -0.1) is 0 Å². The zero-order chi connectivity index (χ0) is 22.1. The number of benzene rings is 3. The van der Waals surface area contributed by atoms with Crippen LogP contribution in [0.15, 0.2) is 83.3 Å². The summed E-state index contributed by atoms with van der Waals surface area (Å²) in [6, 6.07) is 24.9. The molecule has 3 aromatic rings. The van der Waals surface area contributed by atoms with Gasteiger partial charge < -0.3 is 10.1 Å². The van der Waals surface area contributed by atoms with E-state index in [-0.39, 0.29) is 13.2 Å². The van der Waals surface area contributed by atoms with Crippen molar-refractivity contribution in [2.75, 3.05) is 18.5 Å². The Morgan fingerprint density at radius 3 is 2.03 bits per heavy atom. The molecule has 3 aromatic carbocycles. The Kier molecular flexibility index (Phi) is 8.64. The van der Waals surface area contributed by atoms with Crippen LogP contribution in [0.3, 0.4) is 0 Å². The number of halogens is 2. The van der Waals surface area contributed by atoms with E-state index in [0.29, 0.717) is 23.8 Å². The van der Waals surface area contributed by atoms with Crippen LogP contribution in [0.2, 0.25) is 5.02 Å². The van der Waals surface area contributed by atoms with Crippen LogP contribution in [-0.4, -0.2) is 29.9 Å². The van der Waals surface area contributed by atoms with Crippen LogP contribution in [0.1, 0.15) is 11.1 Å². The number of nitrogens with zero attached hydrogens (tertiary/aromatic N) is 1. The van der Waals surface area contributed by atoms with Crippen molar-refractivity contribution >= 4 is 45.1 Å². The van der Waals surface area contributed by atoms with Crippen LogP contribution in [0, 0.1) is 0 Å². The summed E-state index contributed by atoms with van der Waals surface area (Å²) in [4.78, 5) is 26.5. The number of anilines is 1. The first-order valence-electron chi connectivity index (χ1n) is 9.70. The number of esters is 1. The van der Waals surface area contributed by atoms with Gasteiger partial charge in [-0.25, -0.2) is 0 Å². The van der Waals surface area contributed by atoms with Crippen LogP contribution in [-0.2, 0) is 27.4 Å². The minimum absolute atomic E-state index is 0.0706. The molecule has 1 N–H and O–H groups in total. The van der Waals surface area contributed by atoms with E-state index < -0.39 is 11.9 Å². The summed E-state index contributed by atoms with van der Waals surface area (Å²) in [5.74, 6) is -0.889. The molecular weight excluding hydrogens is 480 g/mol. The fourth-order valence-corrected chi connectivity index (χ4v) is 3.42. The molecule has 0 aliphatic rings. The Balaban J connectivity index is 1.54. The number of rotatable bonds is 9. The van der Waals surface area contributed by atoms with Gasteiger partial charge >= 0.3 is 5.97 Å². The van der Waals surface area contributed by atoms with Crippen LogP contribution >= 0.6 is 27.5 Å². The number of carbonyl (C=O) groups excluding carboxylic acids is 2. The molecule has 0 aliphatic carbocycles. The van der Waals surface area contributed by atoms with Crippen molar-refractivity contribution in [2.24, 2.45) is 0 Å². The summed E-state index contributed by atoms with van der Waals surface area (Å²) in [5, 5.41) is 3.14. The largest absolute Gasteiger partial charge is 0.455 e.